The number of rotatable bonds is 4. The van der Waals surface area contributed by atoms with Crippen LogP contribution in [-0.2, 0) is 9.59 Å². The van der Waals surface area contributed by atoms with Gasteiger partial charge in [-0.1, -0.05) is 0 Å². The maximum absolute atomic E-state index is 13.0. The molecule has 2 atom stereocenters. The minimum Gasteiger partial charge on any atom is -0.481 e. The molecule has 2 saturated heterocycles. The number of carbonyl (C=O) groups excluding carboxylic acids is 1. The van der Waals surface area contributed by atoms with Gasteiger partial charge in [-0.15, -0.1) is 0 Å². The lowest BCUT2D eigenvalue weighted by molar-refractivity contribution is -0.149. The van der Waals surface area contributed by atoms with E-state index in [1.54, 1.807) is 0 Å². The predicted octanol–water partition coefficient (Wildman–Crippen LogP) is 1.99. The molecular weight excluding hydrogens is 268 g/mol. The normalized spacial score (nSPS) is 29.6. The van der Waals surface area contributed by atoms with E-state index in [4.69, 9.17) is 10.8 Å². The molecule has 2 rings (SSSR count). The number of nitrogens with zero attached hydrogens (tertiary/aromatic N) is 1. The lowest BCUT2D eigenvalue weighted by Crippen LogP contribution is -2.60. The number of amides is 1. The van der Waals surface area contributed by atoms with Crippen LogP contribution in [0, 0.1) is 11.3 Å². The van der Waals surface area contributed by atoms with Crippen LogP contribution in [0.5, 0.6) is 0 Å². The minimum absolute atomic E-state index is 0.122. The number of fused-ring (bicyclic) bond motifs is 2. The Morgan fingerprint density at radius 2 is 1.62 bits per heavy atom. The van der Waals surface area contributed by atoms with Crippen LogP contribution in [0.1, 0.15) is 59.8 Å². The van der Waals surface area contributed by atoms with E-state index in [1.807, 2.05) is 32.6 Å². The third-order valence-corrected chi connectivity index (χ3v) is 5.67. The Morgan fingerprint density at radius 1 is 1.14 bits per heavy atom. The van der Waals surface area contributed by atoms with Crippen molar-refractivity contribution in [2.75, 3.05) is 0 Å². The second-order valence-corrected chi connectivity index (χ2v) is 7.88. The van der Waals surface area contributed by atoms with Crippen molar-refractivity contribution in [3.63, 3.8) is 0 Å². The number of hydrogen-bond donors (Lipinski definition) is 2. The van der Waals surface area contributed by atoms with Gasteiger partial charge in [0.2, 0.25) is 5.91 Å². The second kappa shape index (κ2) is 5.27. The summed E-state index contributed by atoms with van der Waals surface area (Å²) in [5.74, 6) is -0.406. The van der Waals surface area contributed by atoms with E-state index in [-0.39, 0.29) is 30.3 Å². The molecule has 2 fully saturated rings. The average molecular weight is 296 g/mol. The van der Waals surface area contributed by atoms with Crippen LogP contribution in [0.2, 0.25) is 0 Å². The Morgan fingerprint density at radius 3 is 2.00 bits per heavy atom. The summed E-state index contributed by atoms with van der Waals surface area (Å²) in [6.07, 6.45) is 3.84. The molecule has 1 amide bonds. The first-order valence-corrected chi connectivity index (χ1v) is 7.87. The molecule has 0 spiro atoms. The van der Waals surface area contributed by atoms with Gasteiger partial charge < -0.3 is 15.7 Å². The smallest absolute Gasteiger partial charge is 0.303 e. The largest absolute Gasteiger partial charge is 0.481 e. The summed E-state index contributed by atoms with van der Waals surface area (Å²) in [5, 5.41) is 8.97. The van der Waals surface area contributed by atoms with Crippen LogP contribution in [-0.4, -0.2) is 39.5 Å². The van der Waals surface area contributed by atoms with Gasteiger partial charge in [0, 0.05) is 24.0 Å². The number of aliphatic carboxylic acids is 1. The maximum atomic E-state index is 13.0. The lowest BCUT2D eigenvalue weighted by atomic mass is 9.73. The van der Waals surface area contributed by atoms with Gasteiger partial charge in [-0.3, -0.25) is 9.59 Å². The van der Waals surface area contributed by atoms with E-state index < -0.39 is 16.9 Å². The van der Waals surface area contributed by atoms with Gasteiger partial charge >= 0.3 is 5.97 Å². The van der Waals surface area contributed by atoms with Gasteiger partial charge in [-0.2, -0.15) is 0 Å². The number of carbonyl (C=O) groups is 2. The number of carboxylic acid groups (broad SMARTS) is 1. The van der Waals surface area contributed by atoms with Crippen molar-refractivity contribution in [3.05, 3.63) is 0 Å². The Kier molecular flexibility index (Phi) is 4.08. The van der Waals surface area contributed by atoms with Crippen molar-refractivity contribution in [2.45, 2.75) is 77.4 Å². The second-order valence-electron chi connectivity index (χ2n) is 7.88. The number of hydrogen-bond acceptors (Lipinski definition) is 3. The zero-order valence-corrected chi connectivity index (χ0v) is 13.6. The van der Waals surface area contributed by atoms with Gasteiger partial charge in [0.05, 0.1) is 5.41 Å². The van der Waals surface area contributed by atoms with E-state index in [0.717, 1.165) is 25.7 Å². The van der Waals surface area contributed by atoms with Crippen LogP contribution in [0.3, 0.4) is 0 Å². The third-order valence-electron chi connectivity index (χ3n) is 5.67. The molecule has 21 heavy (non-hydrogen) atoms. The summed E-state index contributed by atoms with van der Waals surface area (Å²) in [6, 6.07) is 0.393. The van der Waals surface area contributed by atoms with Gasteiger partial charge in [0.15, 0.2) is 0 Å². The lowest BCUT2D eigenvalue weighted by Gasteiger charge is -2.46. The van der Waals surface area contributed by atoms with E-state index in [9.17, 15) is 9.59 Å². The van der Waals surface area contributed by atoms with Crippen molar-refractivity contribution in [1.29, 1.82) is 0 Å². The highest BCUT2D eigenvalue weighted by atomic mass is 16.4. The molecule has 2 aliphatic rings. The monoisotopic (exact) mass is 296 g/mol. The van der Waals surface area contributed by atoms with E-state index in [0.29, 0.717) is 0 Å². The van der Waals surface area contributed by atoms with Crippen molar-refractivity contribution >= 4 is 11.9 Å². The van der Waals surface area contributed by atoms with E-state index in [2.05, 4.69) is 0 Å². The summed E-state index contributed by atoms with van der Waals surface area (Å²) in [7, 11) is 0. The highest BCUT2D eigenvalue weighted by Gasteiger charge is 2.50. The molecular formula is C16H28N2O3. The first-order valence-electron chi connectivity index (χ1n) is 7.87. The van der Waals surface area contributed by atoms with E-state index in [1.165, 1.54) is 0 Å². The Bertz CT molecular complexity index is 425. The summed E-state index contributed by atoms with van der Waals surface area (Å²) in [6.45, 7) is 7.62. The quantitative estimate of drug-likeness (QED) is 0.831. The Balaban J connectivity index is 2.13. The summed E-state index contributed by atoms with van der Waals surface area (Å²) >= 11 is 0. The zero-order chi connectivity index (χ0) is 16.0. The number of carboxylic acids is 1. The first-order chi connectivity index (χ1) is 9.54. The molecule has 0 aromatic rings. The highest BCUT2D eigenvalue weighted by Crippen LogP contribution is 2.43. The number of nitrogens with two attached hydrogens (primary N) is 1. The highest BCUT2D eigenvalue weighted by molar-refractivity contribution is 5.84. The van der Waals surface area contributed by atoms with Gasteiger partial charge in [-0.05, 0) is 59.3 Å². The fourth-order valence-corrected chi connectivity index (χ4v) is 3.63. The topological polar surface area (TPSA) is 83.6 Å². The molecule has 3 N–H and O–H groups in total. The molecule has 0 aromatic heterocycles. The molecule has 120 valence electrons. The molecule has 0 radical (unpaired) electrons. The van der Waals surface area contributed by atoms with Gasteiger partial charge in [0.1, 0.15) is 0 Å². The molecule has 5 heteroatoms. The molecule has 2 unspecified atom stereocenters. The molecule has 0 aromatic carbocycles. The van der Waals surface area contributed by atoms with Gasteiger partial charge in [-0.25, -0.2) is 0 Å². The predicted molar refractivity (Wildman–Crippen MR) is 80.7 cm³/mol. The van der Waals surface area contributed by atoms with Crippen molar-refractivity contribution in [3.8, 4) is 0 Å². The van der Waals surface area contributed by atoms with Crippen LogP contribution in [0.25, 0.3) is 0 Å². The molecule has 2 bridgehead atoms. The molecule has 0 saturated carbocycles. The van der Waals surface area contributed by atoms with E-state index >= 15 is 0 Å². The van der Waals surface area contributed by atoms with Gasteiger partial charge in [0.25, 0.3) is 0 Å². The standard InChI is InChI=1S/C16H28N2O3/c1-15(2,16(3,4)17)14(21)18-11-5-6-12(18)8-10(7-11)9-13(19)20/h10-12H,5-9,17H2,1-4H3,(H,19,20). The van der Waals surface area contributed by atoms with Crippen molar-refractivity contribution < 1.29 is 14.7 Å². The fourth-order valence-electron chi connectivity index (χ4n) is 3.63. The summed E-state index contributed by atoms with van der Waals surface area (Å²) < 4.78 is 0. The van der Waals surface area contributed by atoms with Crippen molar-refractivity contribution in [1.82, 2.24) is 4.90 Å². The fraction of sp³-hybridized carbons (Fsp3) is 0.875. The third kappa shape index (κ3) is 2.93. The van der Waals surface area contributed by atoms with Crippen LogP contribution in [0.4, 0.5) is 0 Å². The Labute approximate surface area is 126 Å². The summed E-state index contributed by atoms with van der Waals surface area (Å²) in [4.78, 5) is 25.9. The minimum atomic E-state index is -0.734. The molecule has 2 heterocycles. The van der Waals surface area contributed by atoms with Crippen LogP contribution < -0.4 is 5.73 Å². The molecule has 2 aliphatic heterocycles. The zero-order valence-electron chi connectivity index (χ0n) is 13.6. The maximum Gasteiger partial charge on any atom is 0.303 e. The van der Waals surface area contributed by atoms with Crippen molar-refractivity contribution in [2.24, 2.45) is 17.1 Å². The first kappa shape index (κ1) is 16.3. The Hall–Kier alpha value is -1.10. The summed E-state index contributed by atoms with van der Waals surface area (Å²) in [5.41, 5.74) is 5.00. The molecule has 0 aliphatic carbocycles. The number of piperidine rings is 1. The van der Waals surface area contributed by atoms with Crippen LogP contribution in [0.15, 0.2) is 0 Å². The molecule has 5 nitrogen and oxygen atoms in total. The average Bonchev–Trinajstić information content (AvgIpc) is 2.57. The SMILES string of the molecule is CC(C)(N)C(C)(C)C(=O)N1C2CCC1CC(CC(=O)O)C2. The van der Waals surface area contributed by atoms with Crippen LogP contribution >= 0.6 is 0 Å².